The van der Waals surface area contributed by atoms with Crippen molar-refractivity contribution in [2.45, 2.75) is 39.5 Å². The summed E-state index contributed by atoms with van der Waals surface area (Å²) in [5.41, 5.74) is 3.33. The Balaban J connectivity index is 2.01. The first-order chi connectivity index (χ1) is 9.24. The summed E-state index contributed by atoms with van der Waals surface area (Å²) in [7, 11) is 0. The first-order valence-electron chi connectivity index (χ1n) is 7.09. The molecule has 0 atom stereocenters. The van der Waals surface area contributed by atoms with Gasteiger partial charge in [0.15, 0.2) is 0 Å². The van der Waals surface area contributed by atoms with Crippen molar-refractivity contribution in [2.75, 3.05) is 5.32 Å². The number of nitrogens with one attached hydrogen (secondary N) is 2. The molecule has 2 N–H and O–H groups in total. The zero-order valence-corrected chi connectivity index (χ0v) is 11.7. The molecule has 0 spiro atoms. The Bertz CT molecular complexity index is 453. The highest BCUT2D eigenvalue weighted by Crippen LogP contribution is 2.29. The second kappa shape index (κ2) is 6.41. The maximum atomic E-state index is 11.9. The van der Waals surface area contributed by atoms with Crippen molar-refractivity contribution >= 4 is 11.7 Å². The molecule has 3 nitrogen and oxygen atoms in total. The first kappa shape index (κ1) is 13.7. The third-order valence-electron chi connectivity index (χ3n) is 3.44. The highest BCUT2D eigenvalue weighted by Gasteiger charge is 2.17. The maximum Gasteiger partial charge on any atom is 0.323 e. The SMILES string of the molecule is CCc1cccc(CC)c1NC(=O)N/C=C/C1CC1. The van der Waals surface area contributed by atoms with Gasteiger partial charge in [0.2, 0.25) is 0 Å². The van der Waals surface area contributed by atoms with Crippen LogP contribution in [0.25, 0.3) is 0 Å². The first-order valence-corrected chi connectivity index (χ1v) is 7.09. The largest absolute Gasteiger partial charge is 0.323 e. The van der Waals surface area contributed by atoms with Crippen molar-refractivity contribution in [3.8, 4) is 0 Å². The molecule has 1 aliphatic rings. The number of allylic oxidation sites excluding steroid dienone is 1. The van der Waals surface area contributed by atoms with Crippen LogP contribution in [0.1, 0.15) is 37.8 Å². The maximum absolute atomic E-state index is 11.9. The van der Waals surface area contributed by atoms with Gasteiger partial charge in [-0.2, -0.15) is 0 Å². The summed E-state index contributed by atoms with van der Waals surface area (Å²) in [6, 6.07) is 6.02. The molecule has 19 heavy (non-hydrogen) atoms. The predicted molar refractivity (Wildman–Crippen MR) is 79.2 cm³/mol. The number of hydrogen-bond donors (Lipinski definition) is 2. The number of rotatable bonds is 5. The fraction of sp³-hybridized carbons (Fsp3) is 0.438. The molecule has 0 heterocycles. The van der Waals surface area contributed by atoms with E-state index in [1.54, 1.807) is 6.20 Å². The number of para-hydroxylation sites is 1. The molecule has 1 fully saturated rings. The van der Waals surface area contributed by atoms with Crippen LogP contribution in [0.15, 0.2) is 30.5 Å². The Kier molecular flexibility index (Phi) is 4.61. The minimum atomic E-state index is -0.160. The van der Waals surface area contributed by atoms with Crippen molar-refractivity contribution in [3.63, 3.8) is 0 Å². The summed E-state index contributed by atoms with van der Waals surface area (Å²) < 4.78 is 0. The molecule has 3 heteroatoms. The molecule has 0 radical (unpaired) electrons. The summed E-state index contributed by atoms with van der Waals surface area (Å²) in [6.45, 7) is 4.20. The summed E-state index contributed by atoms with van der Waals surface area (Å²) in [5, 5.41) is 5.75. The lowest BCUT2D eigenvalue weighted by atomic mass is 10.0. The molecular formula is C16H22N2O. The smallest absolute Gasteiger partial charge is 0.315 e. The van der Waals surface area contributed by atoms with E-state index in [1.807, 2.05) is 6.07 Å². The van der Waals surface area contributed by atoms with Crippen LogP contribution >= 0.6 is 0 Å². The summed E-state index contributed by atoms with van der Waals surface area (Å²) in [4.78, 5) is 11.9. The molecule has 2 amide bonds. The highest BCUT2D eigenvalue weighted by molar-refractivity contribution is 5.91. The van der Waals surface area contributed by atoms with E-state index in [4.69, 9.17) is 0 Å². The van der Waals surface area contributed by atoms with Crippen molar-refractivity contribution < 1.29 is 4.79 Å². The van der Waals surface area contributed by atoms with Gasteiger partial charge in [0.1, 0.15) is 0 Å². The van der Waals surface area contributed by atoms with E-state index >= 15 is 0 Å². The molecule has 0 aliphatic heterocycles. The molecule has 1 aromatic rings. The van der Waals surface area contributed by atoms with Gasteiger partial charge in [-0.15, -0.1) is 0 Å². The van der Waals surface area contributed by atoms with E-state index in [0.29, 0.717) is 5.92 Å². The summed E-state index contributed by atoms with van der Waals surface area (Å²) in [6.07, 6.45) is 8.15. The van der Waals surface area contributed by atoms with Crippen LogP contribution in [0.4, 0.5) is 10.5 Å². The van der Waals surface area contributed by atoms with Gasteiger partial charge in [-0.1, -0.05) is 38.1 Å². The number of amides is 2. The number of aryl methyl sites for hydroxylation is 2. The van der Waals surface area contributed by atoms with E-state index in [1.165, 1.54) is 24.0 Å². The molecule has 1 saturated carbocycles. The Hall–Kier alpha value is -1.77. The minimum Gasteiger partial charge on any atom is -0.315 e. The Labute approximate surface area is 115 Å². The Morgan fingerprint density at radius 1 is 1.26 bits per heavy atom. The van der Waals surface area contributed by atoms with Crippen LogP contribution in [0.2, 0.25) is 0 Å². The summed E-state index contributed by atoms with van der Waals surface area (Å²) >= 11 is 0. The fourth-order valence-corrected chi connectivity index (χ4v) is 2.10. The topological polar surface area (TPSA) is 41.1 Å². The number of carbonyl (C=O) groups excluding carboxylic acids is 1. The van der Waals surface area contributed by atoms with Crippen LogP contribution in [-0.2, 0) is 12.8 Å². The second-order valence-corrected chi connectivity index (χ2v) is 4.95. The molecule has 0 aromatic heterocycles. The van der Waals surface area contributed by atoms with Gasteiger partial charge in [0.25, 0.3) is 0 Å². The molecule has 102 valence electrons. The highest BCUT2D eigenvalue weighted by atomic mass is 16.2. The predicted octanol–water partition coefficient (Wildman–Crippen LogP) is 3.86. The van der Waals surface area contributed by atoms with Gasteiger partial charge < -0.3 is 10.6 Å². The number of hydrogen-bond acceptors (Lipinski definition) is 1. The van der Waals surface area contributed by atoms with Gasteiger partial charge in [-0.05, 0) is 42.7 Å². The number of urea groups is 1. The van der Waals surface area contributed by atoms with Crippen LogP contribution in [0.3, 0.4) is 0 Å². The van der Waals surface area contributed by atoms with Gasteiger partial charge in [0.05, 0.1) is 0 Å². The summed E-state index contributed by atoms with van der Waals surface area (Å²) in [5.74, 6) is 0.675. The Morgan fingerprint density at radius 3 is 2.42 bits per heavy atom. The molecule has 1 aliphatic carbocycles. The standard InChI is InChI=1S/C16H22N2O/c1-3-13-6-5-7-14(4-2)15(13)18-16(19)17-11-10-12-8-9-12/h5-7,10-12H,3-4,8-9H2,1-2H3,(H2,17,18,19)/b11-10+. The van der Waals surface area contributed by atoms with Crippen molar-refractivity contribution in [3.05, 3.63) is 41.6 Å². The second-order valence-electron chi connectivity index (χ2n) is 4.95. The molecule has 0 unspecified atom stereocenters. The van der Waals surface area contributed by atoms with Crippen LogP contribution in [0, 0.1) is 5.92 Å². The fourth-order valence-electron chi connectivity index (χ4n) is 2.10. The van der Waals surface area contributed by atoms with E-state index < -0.39 is 0 Å². The van der Waals surface area contributed by atoms with Crippen molar-refractivity contribution in [2.24, 2.45) is 5.92 Å². The van der Waals surface area contributed by atoms with E-state index in [-0.39, 0.29) is 6.03 Å². The van der Waals surface area contributed by atoms with Crippen LogP contribution < -0.4 is 10.6 Å². The Morgan fingerprint density at radius 2 is 1.89 bits per heavy atom. The van der Waals surface area contributed by atoms with Crippen molar-refractivity contribution in [1.29, 1.82) is 0 Å². The monoisotopic (exact) mass is 258 g/mol. The van der Waals surface area contributed by atoms with E-state index in [0.717, 1.165) is 18.5 Å². The van der Waals surface area contributed by atoms with Gasteiger partial charge in [-0.25, -0.2) is 4.79 Å². The van der Waals surface area contributed by atoms with Gasteiger partial charge in [0, 0.05) is 11.9 Å². The molecular weight excluding hydrogens is 236 g/mol. The third kappa shape index (κ3) is 3.85. The number of carbonyl (C=O) groups is 1. The van der Waals surface area contributed by atoms with E-state index in [2.05, 4.69) is 42.7 Å². The van der Waals surface area contributed by atoms with Gasteiger partial charge in [-0.3, -0.25) is 0 Å². The molecule has 0 bridgehead atoms. The zero-order chi connectivity index (χ0) is 13.7. The lowest BCUT2D eigenvalue weighted by Gasteiger charge is -2.14. The number of anilines is 1. The van der Waals surface area contributed by atoms with Crippen LogP contribution in [-0.4, -0.2) is 6.03 Å². The van der Waals surface area contributed by atoms with Gasteiger partial charge >= 0.3 is 6.03 Å². The zero-order valence-electron chi connectivity index (χ0n) is 11.7. The minimum absolute atomic E-state index is 0.160. The normalized spacial score (nSPS) is 14.6. The lowest BCUT2D eigenvalue weighted by molar-refractivity contribution is 0.255. The molecule has 1 aromatic carbocycles. The molecule has 0 saturated heterocycles. The third-order valence-corrected chi connectivity index (χ3v) is 3.44. The van der Waals surface area contributed by atoms with Crippen LogP contribution in [0.5, 0.6) is 0 Å². The average Bonchev–Trinajstić information content (AvgIpc) is 3.23. The van der Waals surface area contributed by atoms with E-state index in [9.17, 15) is 4.79 Å². The lowest BCUT2D eigenvalue weighted by Crippen LogP contribution is -2.25. The quantitative estimate of drug-likeness (QED) is 0.827. The van der Waals surface area contributed by atoms with Crippen molar-refractivity contribution in [1.82, 2.24) is 5.32 Å². The molecule has 2 rings (SSSR count). The average molecular weight is 258 g/mol. The number of benzene rings is 1.